The molecule has 132 valence electrons. The minimum atomic E-state index is -0.469. The van der Waals surface area contributed by atoms with Gasteiger partial charge in [0.15, 0.2) is 11.2 Å². The Morgan fingerprint density at radius 2 is 1.92 bits per heavy atom. The van der Waals surface area contributed by atoms with Crippen LogP contribution in [0.2, 0.25) is 0 Å². The Labute approximate surface area is 139 Å². The number of aryl methyl sites for hydroxylation is 1. The quantitative estimate of drug-likeness (QED) is 0.744. The standard InChI is InChI=1S/C15H24N6O3/c1-15(2,7-16)8-18(3)10(22)6-21-9-17-12-11(21)13(23)20(5)14(24)19(12)4/h9H,6-8,16H2,1-5H3. The average Bonchev–Trinajstić information content (AvgIpc) is 2.94. The van der Waals surface area contributed by atoms with E-state index in [0.717, 1.165) is 4.57 Å². The molecule has 0 aliphatic heterocycles. The Morgan fingerprint density at radius 3 is 2.50 bits per heavy atom. The zero-order chi connectivity index (χ0) is 18.2. The van der Waals surface area contributed by atoms with Gasteiger partial charge in [0.25, 0.3) is 5.56 Å². The lowest BCUT2D eigenvalue weighted by molar-refractivity contribution is -0.131. The van der Waals surface area contributed by atoms with Crippen molar-refractivity contribution in [3.8, 4) is 0 Å². The zero-order valence-corrected chi connectivity index (χ0v) is 14.7. The van der Waals surface area contributed by atoms with Crippen LogP contribution >= 0.6 is 0 Å². The molecule has 0 saturated carbocycles. The molecule has 0 aromatic carbocycles. The van der Waals surface area contributed by atoms with Crippen molar-refractivity contribution in [2.45, 2.75) is 20.4 Å². The maximum Gasteiger partial charge on any atom is 0.332 e. The van der Waals surface area contributed by atoms with Gasteiger partial charge in [-0.3, -0.25) is 18.7 Å². The summed E-state index contributed by atoms with van der Waals surface area (Å²) in [5.41, 5.74) is 5.09. The molecule has 0 unspecified atom stereocenters. The maximum atomic E-state index is 12.5. The molecule has 0 fully saturated rings. The van der Waals surface area contributed by atoms with E-state index in [1.165, 1.54) is 22.5 Å². The highest BCUT2D eigenvalue weighted by Crippen LogP contribution is 2.14. The van der Waals surface area contributed by atoms with Gasteiger partial charge in [-0.25, -0.2) is 9.78 Å². The van der Waals surface area contributed by atoms with Gasteiger partial charge < -0.3 is 15.2 Å². The summed E-state index contributed by atoms with van der Waals surface area (Å²) in [5.74, 6) is -0.160. The van der Waals surface area contributed by atoms with Gasteiger partial charge in [-0.1, -0.05) is 13.8 Å². The third-order valence-corrected chi connectivity index (χ3v) is 4.17. The molecular weight excluding hydrogens is 312 g/mol. The van der Waals surface area contributed by atoms with Gasteiger partial charge in [-0.2, -0.15) is 0 Å². The third kappa shape index (κ3) is 3.12. The van der Waals surface area contributed by atoms with Crippen LogP contribution in [-0.2, 0) is 25.4 Å². The van der Waals surface area contributed by atoms with Crippen molar-refractivity contribution in [1.82, 2.24) is 23.6 Å². The average molecular weight is 336 g/mol. The normalized spacial score (nSPS) is 11.9. The van der Waals surface area contributed by atoms with Crippen LogP contribution in [-0.4, -0.2) is 49.6 Å². The van der Waals surface area contributed by atoms with Crippen LogP contribution < -0.4 is 17.0 Å². The zero-order valence-electron chi connectivity index (χ0n) is 14.7. The minimum absolute atomic E-state index is 0.0267. The number of amides is 1. The van der Waals surface area contributed by atoms with Gasteiger partial charge in [0.1, 0.15) is 6.54 Å². The van der Waals surface area contributed by atoms with E-state index in [0.29, 0.717) is 13.1 Å². The molecule has 9 nitrogen and oxygen atoms in total. The summed E-state index contributed by atoms with van der Waals surface area (Å²) in [4.78, 5) is 42.4. The molecule has 9 heteroatoms. The molecule has 0 spiro atoms. The fraction of sp³-hybridized carbons (Fsp3) is 0.600. The number of nitrogens with zero attached hydrogens (tertiary/aromatic N) is 5. The van der Waals surface area contributed by atoms with Crippen LogP contribution in [0.3, 0.4) is 0 Å². The predicted octanol–water partition coefficient (Wildman–Crippen LogP) is -1.12. The highest BCUT2D eigenvalue weighted by Gasteiger charge is 2.22. The first-order valence-electron chi connectivity index (χ1n) is 7.64. The number of hydrogen-bond acceptors (Lipinski definition) is 5. The maximum absolute atomic E-state index is 12.5. The Kier molecular flexibility index (Phi) is 4.66. The van der Waals surface area contributed by atoms with E-state index in [4.69, 9.17) is 5.73 Å². The van der Waals surface area contributed by atoms with Gasteiger partial charge in [0.05, 0.1) is 6.33 Å². The van der Waals surface area contributed by atoms with Crippen LogP contribution in [0.25, 0.3) is 11.2 Å². The topological polar surface area (TPSA) is 108 Å². The second-order valence-corrected chi connectivity index (χ2v) is 6.87. The lowest BCUT2D eigenvalue weighted by atomic mass is 9.93. The molecule has 0 aliphatic rings. The highest BCUT2D eigenvalue weighted by molar-refractivity contribution is 5.78. The second kappa shape index (κ2) is 6.23. The Hall–Kier alpha value is -2.42. The molecule has 0 bridgehead atoms. The number of aromatic nitrogens is 4. The largest absolute Gasteiger partial charge is 0.344 e. The third-order valence-electron chi connectivity index (χ3n) is 4.17. The van der Waals surface area contributed by atoms with Crippen LogP contribution in [0.1, 0.15) is 13.8 Å². The van der Waals surface area contributed by atoms with E-state index in [1.807, 2.05) is 13.8 Å². The first-order chi connectivity index (χ1) is 11.1. The van der Waals surface area contributed by atoms with Crippen LogP contribution in [0, 0.1) is 5.41 Å². The number of carbonyl (C=O) groups is 1. The molecule has 2 aromatic rings. The van der Waals surface area contributed by atoms with Crippen LogP contribution in [0.4, 0.5) is 0 Å². The summed E-state index contributed by atoms with van der Waals surface area (Å²) in [5, 5.41) is 0. The molecule has 1 amide bonds. The predicted molar refractivity (Wildman–Crippen MR) is 90.7 cm³/mol. The fourth-order valence-electron chi connectivity index (χ4n) is 2.58. The van der Waals surface area contributed by atoms with E-state index in [2.05, 4.69) is 4.98 Å². The van der Waals surface area contributed by atoms with Gasteiger partial charge in [-0.15, -0.1) is 0 Å². The van der Waals surface area contributed by atoms with Gasteiger partial charge >= 0.3 is 5.69 Å². The monoisotopic (exact) mass is 336 g/mol. The molecule has 2 heterocycles. The molecule has 2 rings (SSSR count). The van der Waals surface area contributed by atoms with E-state index in [1.54, 1.807) is 19.0 Å². The summed E-state index contributed by atoms with van der Waals surface area (Å²) >= 11 is 0. The number of hydrogen-bond donors (Lipinski definition) is 1. The van der Waals surface area contributed by atoms with Crippen molar-refractivity contribution in [1.29, 1.82) is 0 Å². The SMILES string of the molecule is CN(CC(C)(C)CN)C(=O)Cn1cnc2c1c(=O)n(C)c(=O)n2C. The van der Waals surface area contributed by atoms with Gasteiger partial charge in [-0.05, 0) is 12.0 Å². The number of fused-ring (bicyclic) bond motifs is 1. The van der Waals surface area contributed by atoms with E-state index in [-0.39, 0.29) is 29.0 Å². The smallest absolute Gasteiger partial charge is 0.332 e. The van der Waals surface area contributed by atoms with Crippen LogP contribution in [0.15, 0.2) is 15.9 Å². The van der Waals surface area contributed by atoms with Gasteiger partial charge in [0.2, 0.25) is 5.91 Å². The summed E-state index contributed by atoms with van der Waals surface area (Å²) in [7, 11) is 4.64. The Bertz CT molecular complexity index is 889. The molecule has 2 aromatic heterocycles. The summed E-state index contributed by atoms with van der Waals surface area (Å²) < 4.78 is 3.77. The van der Waals surface area contributed by atoms with Crippen molar-refractivity contribution < 1.29 is 4.79 Å². The van der Waals surface area contributed by atoms with E-state index < -0.39 is 11.2 Å². The number of imidazole rings is 1. The van der Waals surface area contributed by atoms with Crippen molar-refractivity contribution in [2.24, 2.45) is 25.2 Å². The summed E-state index contributed by atoms with van der Waals surface area (Å²) in [6.45, 7) is 4.90. The number of likely N-dealkylation sites (N-methyl/N-ethyl adjacent to an activating group) is 1. The van der Waals surface area contributed by atoms with Gasteiger partial charge in [0, 0.05) is 27.7 Å². The minimum Gasteiger partial charge on any atom is -0.344 e. The molecular formula is C15H24N6O3. The number of rotatable bonds is 5. The first-order valence-corrected chi connectivity index (χ1v) is 7.64. The summed E-state index contributed by atoms with van der Waals surface area (Å²) in [6, 6.07) is 0. The van der Waals surface area contributed by atoms with Crippen molar-refractivity contribution in [3.05, 3.63) is 27.2 Å². The number of carbonyl (C=O) groups excluding carboxylic acids is 1. The molecule has 0 aliphatic carbocycles. The second-order valence-electron chi connectivity index (χ2n) is 6.87. The van der Waals surface area contributed by atoms with Crippen LogP contribution in [0.5, 0.6) is 0 Å². The van der Waals surface area contributed by atoms with Crippen molar-refractivity contribution in [3.63, 3.8) is 0 Å². The molecule has 2 N–H and O–H groups in total. The van der Waals surface area contributed by atoms with E-state index in [9.17, 15) is 14.4 Å². The molecule has 24 heavy (non-hydrogen) atoms. The number of nitrogens with two attached hydrogens (primary N) is 1. The molecule has 0 radical (unpaired) electrons. The van der Waals surface area contributed by atoms with Crippen molar-refractivity contribution >= 4 is 17.1 Å². The lowest BCUT2D eigenvalue weighted by Gasteiger charge is -2.29. The highest BCUT2D eigenvalue weighted by atomic mass is 16.2. The summed E-state index contributed by atoms with van der Waals surface area (Å²) in [6.07, 6.45) is 1.41. The fourth-order valence-corrected chi connectivity index (χ4v) is 2.58. The molecule has 0 atom stereocenters. The first kappa shape index (κ1) is 17.9. The Balaban J connectivity index is 2.36. The molecule has 0 saturated heterocycles. The Morgan fingerprint density at radius 1 is 1.29 bits per heavy atom. The lowest BCUT2D eigenvalue weighted by Crippen LogP contribution is -2.41. The van der Waals surface area contributed by atoms with Crippen molar-refractivity contribution in [2.75, 3.05) is 20.1 Å². The van der Waals surface area contributed by atoms with E-state index >= 15 is 0 Å².